The van der Waals surface area contributed by atoms with Crippen LogP contribution in [0.4, 0.5) is 0 Å². The third-order valence-electron chi connectivity index (χ3n) is 4.12. The molecular formula is C15H20N2O4. The molecule has 1 aliphatic heterocycles. The highest BCUT2D eigenvalue weighted by molar-refractivity contribution is 5.94. The Kier molecular flexibility index (Phi) is 4.57. The van der Waals surface area contributed by atoms with Crippen molar-refractivity contribution in [1.29, 1.82) is 0 Å². The van der Waals surface area contributed by atoms with Crippen molar-refractivity contribution in [3.63, 3.8) is 0 Å². The first-order valence-electron chi connectivity index (χ1n) is 7.12. The van der Waals surface area contributed by atoms with Crippen LogP contribution in [0.3, 0.4) is 0 Å². The highest BCUT2D eigenvalue weighted by Crippen LogP contribution is 2.36. The first-order chi connectivity index (χ1) is 10.0. The summed E-state index contributed by atoms with van der Waals surface area (Å²) in [6, 6.07) is 3.21. The number of piperidine rings is 1. The van der Waals surface area contributed by atoms with Crippen molar-refractivity contribution in [2.45, 2.75) is 32.3 Å². The van der Waals surface area contributed by atoms with E-state index in [4.69, 9.17) is 0 Å². The molecule has 1 aliphatic rings. The van der Waals surface area contributed by atoms with E-state index < -0.39 is 17.5 Å². The number of nitrogens with zero attached hydrogens (tertiary/aromatic N) is 2. The SMILES string of the molecule is CCC[C@@]1(C(=O)O)CN(C(=O)c2ccncc2)CC[C@@H]1O. The summed E-state index contributed by atoms with van der Waals surface area (Å²) in [6.45, 7) is 2.28. The molecule has 0 aromatic carbocycles. The van der Waals surface area contributed by atoms with Gasteiger partial charge in [-0.3, -0.25) is 14.6 Å². The van der Waals surface area contributed by atoms with E-state index >= 15 is 0 Å². The predicted molar refractivity (Wildman–Crippen MR) is 75.7 cm³/mol. The van der Waals surface area contributed by atoms with Crippen molar-refractivity contribution in [2.24, 2.45) is 5.41 Å². The smallest absolute Gasteiger partial charge is 0.314 e. The van der Waals surface area contributed by atoms with E-state index in [2.05, 4.69) is 4.98 Å². The van der Waals surface area contributed by atoms with E-state index in [-0.39, 0.29) is 18.9 Å². The summed E-state index contributed by atoms with van der Waals surface area (Å²) < 4.78 is 0. The van der Waals surface area contributed by atoms with E-state index in [0.29, 0.717) is 24.9 Å². The van der Waals surface area contributed by atoms with Crippen molar-refractivity contribution in [2.75, 3.05) is 13.1 Å². The van der Waals surface area contributed by atoms with E-state index in [1.807, 2.05) is 6.92 Å². The van der Waals surface area contributed by atoms with Gasteiger partial charge in [-0.05, 0) is 25.0 Å². The first kappa shape index (κ1) is 15.4. The minimum atomic E-state index is -1.27. The third kappa shape index (κ3) is 2.90. The van der Waals surface area contributed by atoms with Gasteiger partial charge in [0.15, 0.2) is 0 Å². The maximum Gasteiger partial charge on any atom is 0.314 e. The molecule has 1 saturated heterocycles. The fourth-order valence-corrected chi connectivity index (χ4v) is 2.94. The van der Waals surface area contributed by atoms with Gasteiger partial charge in [0.25, 0.3) is 5.91 Å². The lowest BCUT2D eigenvalue weighted by Crippen LogP contribution is -2.57. The van der Waals surface area contributed by atoms with Crippen LogP contribution < -0.4 is 0 Å². The number of rotatable bonds is 4. The number of hydrogen-bond acceptors (Lipinski definition) is 4. The number of carboxylic acid groups (broad SMARTS) is 1. The lowest BCUT2D eigenvalue weighted by Gasteiger charge is -2.43. The van der Waals surface area contributed by atoms with Crippen LogP contribution in [0.2, 0.25) is 0 Å². The van der Waals surface area contributed by atoms with Gasteiger partial charge in [0.05, 0.1) is 6.10 Å². The topological polar surface area (TPSA) is 90.7 Å². The largest absolute Gasteiger partial charge is 0.481 e. The number of aliphatic carboxylic acids is 1. The van der Waals surface area contributed by atoms with Gasteiger partial charge < -0.3 is 15.1 Å². The van der Waals surface area contributed by atoms with Gasteiger partial charge in [-0.15, -0.1) is 0 Å². The van der Waals surface area contributed by atoms with E-state index in [9.17, 15) is 19.8 Å². The number of carbonyl (C=O) groups is 2. The molecule has 0 unspecified atom stereocenters. The molecule has 6 nitrogen and oxygen atoms in total. The quantitative estimate of drug-likeness (QED) is 0.869. The maximum atomic E-state index is 12.4. The molecule has 2 heterocycles. The standard InChI is InChI=1S/C15H20N2O4/c1-2-6-15(14(20)21)10-17(9-5-12(15)18)13(19)11-3-7-16-8-4-11/h3-4,7-8,12,18H,2,5-6,9-10H2,1H3,(H,20,21)/t12-,15+/m0/s1. The van der Waals surface area contributed by atoms with Crippen molar-refractivity contribution in [3.05, 3.63) is 30.1 Å². The minimum absolute atomic E-state index is 0.0402. The number of likely N-dealkylation sites (tertiary alicyclic amines) is 1. The van der Waals surface area contributed by atoms with Gasteiger partial charge in [-0.2, -0.15) is 0 Å². The van der Waals surface area contributed by atoms with E-state index in [1.54, 1.807) is 12.1 Å². The lowest BCUT2D eigenvalue weighted by atomic mass is 9.74. The van der Waals surface area contributed by atoms with Crippen molar-refractivity contribution in [3.8, 4) is 0 Å². The Labute approximate surface area is 123 Å². The van der Waals surface area contributed by atoms with Crippen LogP contribution in [-0.2, 0) is 4.79 Å². The summed E-state index contributed by atoms with van der Waals surface area (Å²) in [6.07, 6.45) is 3.41. The Morgan fingerprint density at radius 1 is 1.43 bits per heavy atom. The molecular weight excluding hydrogens is 272 g/mol. The summed E-state index contributed by atoms with van der Waals surface area (Å²) in [5.41, 5.74) is -0.785. The zero-order chi connectivity index (χ0) is 15.5. The Morgan fingerprint density at radius 3 is 2.67 bits per heavy atom. The van der Waals surface area contributed by atoms with Crippen LogP contribution in [0.25, 0.3) is 0 Å². The fourth-order valence-electron chi connectivity index (χ4n) is 2.94. The van der Waals surface area contributed by atoms with E-state index in [1.165, 1.54) is 17.3 Å². The molecule has 0 bridgehead atoms. The van der Waals surface area contributed by atoms with Crippen molar-refractivity contribution < 1.29 is 19.8 Å². The van der Waals surface area contributed by atoms with Crippen LogP contribution in [0, 0.1) is 5.41 Å². The monoisotopic (exact) mass is 292 g/mol. The van der Waals surface area contributed by atoms with Crippen LogP contribution in [-0.4, -0.2) is 51.2 Å². The molecule has 1 fully saturated rings. The maximum absolute atomic E-state index is 12.4. The number of carbonyl (C=O) groups excluding carboxylic acids is 1. The molecule has 0 radical (unpaired) electrons. The molecule has 1 aromatic heterocycles. The van der Waals surface area contributed by atoms with Gasteiger partial charge in [0.2, 0.25) is 0 Å². The zero-order valence-electron chi connectivity index (χ0n) is 12.0. The minimum Gasteiger partial charge on any atom is -0.481 e. The predicted octanol–water partition coefficient (Wildman–Crippen LogP) is 1.16. The average Bonchev–Trinajstić information content (AvgIpc) is 2.49. The lowest BCUT2D eigenvalue weighted by molar-refractivity contribution is -0.162. The molecule has 6 heteroatoms. The summed E-state index contributed by atoms with van der Waals surface area (Å²) in [5, 5.41) is 19.7. The molecule has 0 saturated carbocycles. The van der Waals surface area contributed by atoms with Gasteiger partial charge >= 0.3 is 5.97 Å². The number of hydrogen-bond donors (Lipinski definition) is 2. The van der Waals surface area contributed by atoms with Gasteiger partial charge in [-0.1, -0.05) is 13.3 Å². The molecule has 2 atom stereocenters. The van der Waals surface area contributed by atoms with Crippen molar-refractivity contribution in [1.82, 2.24) is 9.88 Å². The summed E-state index contributed by atoms with van der Waals surface area (Å²) in [5.74, 6) is -1.25. The highest BCUT2D eigenvalue weighted by Gasteiger charge is 2.49. The second-order valence-electron chi connectivity index (χ2n) is 5.48. The van der Waals surface area contributed by atoms with Crippen LogP contribution in [0.5, 0.6) is 0 Å². The van der Waals surface area contributed by atoms with Crippen LogP contribution >= 0.6 is 0 Å². The molecule has 21 heavy (non-hydrogen) atoms. The fraction of sp³-hybridized carbons (Fsp3) is 0.533. The highest BCUT2D eigenvalue weighted by atomic mass is 16.4. The second-order valence-corrected chi connectivity index (χ2v) is 5.48. The van der Waals surface area contributed by atoms with Gasteiger partial charge in [0, 0.05) is 31.0 Å². The first-order valence-corrected chi connectivity index (χ1v) is 7.12. The summed E-state index contributed by atoms with van der Waals surface area (Å²) >= 11 is 0. The van der Waals surface area contributed by atoms with Crippen LogP contribution in [0.1, 0.15) is 36.5 Å². The Balaban J connectivity index is 2.24. The van der Waals surface area contributed by atoms with Crippen molar-refractivity contribution >= 4 is 11.9 Å². The van der Waals surface area contributed by atoms with Crippen LogP contribution in [0.15, 0.2) is 24.5 Å². The molecule has 2 rings (SSSR count). The summed E-state index contributed by atoms with van der Waals surface area (Å²) in [4.78, 5) is 29.5. The molecule has 1 aromatic rings. The number of aliphatic hydroxyl groups excluding tert-OH is 1. The number of pyridine rings is 1. The zero-order valence-corrected chi connectivity index (χ0v) is 12.0. The molecule has 0 aliphatic carbocycles. The number of aromatic nitrogens is 1. The second kappa shape index (κ2) is 6.22. The third-order valence-corrected chi connectivity index (χ3v) is 4.12. The van der Waals surface area contributed by atoms with E-state index in [0.717, 1.165) is 0 Å². The molecule has 1 amide bonds. The normalized spacial score (nSPS) is 25.6. The molecule has 0 spiro atoms. The number of amides is 1. The average molecular weight is 292 g/mol. The van der Waals surface area contributed by atoms with Gasteiger partial charge in [-0.25, -0.2) is 0 Å². The van der Waals surface area contributed by atoms with Gasteiger partial charge in [0.1, 0.15) is 5.41 Å². The Bertz CT molecular complexity index is 520. The number of carboxylic acids is 1. The molecule has 2 N–H and O–H groups in total. The molecule has 114 valence electrons. The Hall–Kier alpha value is -1.95. The summed E-state index contributed by atoms with van der Waals surface area (Å²) in [7, 11) is 0. The Morgan fingerprint density at radius 2 is 2.10 bits per heavy atom. The number of aliphatic hydroxyl groups is 1.